The summed E-state index contributed by atoms with van der Waals surface area (Å²) >= 11 is 0. The van der Waals surface area contributed by atoms with Crippen molar-refractivity contribution < 1.29 is 0 Å². The molecule has 0 aromatic heterocycles. The molecule has 0 unspecified atom stereocenters. The van der Waals surface area contributed by atoms with Gasteiger partial charge in [0.05, 0.1) is 0 Å². The molecule has 0 aliphatic rings. The largest absolute Gasteiger partial charge is 0.297 e. The third-order valence-electron chi connectivity index (χ3n) is 0.914. The first-order valence-corrected chi connectivity index (χ1v) is 3.97. The molecule has 0 saturated carbocycles. The molecule has 0 aliphatic carbocycles. The molecule has 2 heteroatoms. The second kappa shape index (κ2) is 8.50. The van der Waals surface area contributed by atoms with E-state index in [9.17, 15) is 0 Å². The zero-order valence-corrected chi connectivity index (χ0v) is 9.09. The van der Waals surface area contributed by atoms with E-state index in [1.165, 1.54) is 0 Å². The third-order valence-corrected chi connectivity index (χ3v) is 0.914. The molecule has 0 heterocycles. The van der Waals surface area contributed by atoms with Crippen molar-refractivity contribution >= 4 is 0 Å². The highest BCUT2D eigenvalue weighted by atomic mass is 15.2. The first-order valence-electron chi connectivity index (χ1n) is 3.97. The lowest BCUT2D eigenvalue weighted by Crippen LogP contribution is -2.26. The Hall–Kier alpha value is -0.600. The first kappa shape index (κ1) is 14.0. The molecule has 0 saturated heterocycles. The highest BCUT2D eigenvalue weighted by Gasteiger charge is 1.87. The summed E-state index contributed by atoms with van der Waals surface area (Å²) in [5, 5.41) is 0. The van der Waals surface area contributed by atoms with Crippen molar-refractivity contribution in [3.05, 3.63) is 24.8 Å². The van der Waals surface area contributed by atoms with Gasteiger partial charge in [0.25, 0.3) is 0 Å². The van der Waals surface area contributed by atoms with E-state index in [4.69, 9.17) is 0 Å². The second-order valence-corrected chi connectivity index (χ2v) is 3.35. The Morgan fingerprint density at radius 2 is 1.42 bits per heavy atom. The lowest BCUT2D eigenvalue weighted by atomic mass is 10.4. The van der Waals surface area contributed by atoms with Crippen molar-refractivity contribution in [3.63, 3.8) is 0 Å². The average molecular weight is 170 g/mol. The van der Waals surface area contributed by atoms with E-state index in [1.807, 2.05) is 6.92 Å². The minimum Gasteiger partial charge on any atom is -0.297 e. The summed E-state index contributed by atoms with van der Waals surface area (Å²) in [7, 11) is 8.22. The Bertz CT molecular complexity index is 120. The molecule has 0 atom stereocenters. The Balaban J connectivity index is 0. The summed E-state index contributed by atoms with van der Waals surface area (Å²) in [6.45, 7) is 9.95. The van der Waals surface area contributed by atoms with Crippen LogP contribution in [0.5, 0.6) is 0 Å². The minimum absolute atomic E-state index is 1.02. The fourth-order valence-corrected chi connectivity index (χ4v) is 0.566. The van der Waals surface area contributed by atoms with E-state index in [0.29, 0.717) is 0 Å². The molecule has 0 aromatic rings. The summed E-state index contributed by atoms with van der Waals surface area (Å²) in [6, 6.07) is 0. The molecule has 0 aliphatic heterocycles. The van der Waals surface area contributed by atoms with Crippen LogP contribution in [-0.4, -0.2) is 44.7 Å². The Kier molecular flexibility index (Phi) is 9.88. The van der Waals surface area contributed by atoms with Crippen LogP contribution in [0.3, 0.4) is 0 Å². The molecule has 12 heavy (non-hydrogen) atoms. The monoisotopic (exact) mass is 170 g/mol. The predicted octanol–water partition coefficient (Wildman–Crippen LogP) is 1.82. The number of hydrogen-bond donors (Lipinski definition) is 0. The van der Waals surface area contributed by atoms with Gasteiger partial charge in [-0.25, -0.2) is 0 Å². The van der Waals surface area contributed by atoms with Crippen molar-refractivity contribution in [3.8, 4) is 0 Å². The molecule has 0 spiro atoms. The van der Waals surface area contributed by atoms with Gasteiger partial charge in [-0.3, -0.25) is 9.80 Å². The van der Waals surface area contributed by atoms with Gasteiger partial charge in [-0.05, 0) is 35.1 Å². The molecule has 0 aromatic carbocycles. The van der Waals surface area contributed by atoms with E-state index in [0.717, 1.165) is 12.2 Å². The Labute approximate surface area is 77.2 Å². The highest BCUT2D eigenvalue weighted by molar-refractivity contribution is 5.05. The maximum Gasteiger partial charge on any atom is 0.0495 e. The van der Waals surface area contributed by atoms with E-state index in [1.54, 1.807) is 6.08 Å². The third kappa shape index (κ3) is 22.7. The molecule has 0 bridgehead atoms. The maximum absolute atomic E-state index is 3.56. The van der Waals surface area contributed by atoms with Crippen LogP contribution in [0.15, 0.2) is 24.8 Å². The van der Waals surface area contributed by atoms with Gasteiger partial charge in [-0.15, -0.1) is 0 Å². The van der Waals surface area contributed by atoms with Crippen LogP contribution in [0.25, 0.3) is 0 Å². The van der Waals surface area contributed by atoms with E-state index < -0.39 is 0 Å². The highest BCUT2D eigenvalue weighted by Crippen LogP contribution is 1.81. The van der Waals surface area contributed by atoms with Gasteiger partial charge in [0.2, 0.25) is 0 Å². The molecule has 0 N–H and O–H groups in total. The van der Waals surface area contributed by atoms with Gasteiger partial charge >= 0.3 is 0 Å². The standard InChI is InChI=1S/C5H14N2.C5H8/c1-6(2)5-7(3)4;1-4-5(2)3/h5H2,1-4H3;4H,1-2H2,3H3. The normalized spacial score (nSPS) is 9.25. The summed E-state index contributed by atoms with van der Waals surface area (Å²) in [4.78, 5) is 4.25. The van der Waals surface area contributed by atoms with Crippen LogP contribution < -0.4 is 0 Å². The Morgan fingerprint density at radius 1 is 1.17 bits per heavy atom. The number of hydrogen-bond acceptors (Lipinski definition) is 2. The predicted molar refractivity (Wildman–Crippen MR) is 57.3 cm³/mol. The zero-order chi connectivity index (χ0) is 10.1. The van der Waals surface area contributed by atoms with Crippen molar-refractivity contribution in [2.45, 2.75) is 6.92 Å². The fraction of sp³-hybridized carbons (Fsp3) is 0.600. The molecule has 72 valence electrons. The summed E-state index contributed by atoms with van der Waals surface area (Å²) in [5.74, 6) is 0. The number of allylic oxidation sites excluding steroid dienone is 2. The molecular weight excluding hydrogens is 148 g/mol. The maximum atomic E-state index is 3.56. The fourth-order valence-electron chi connectivity index (χ4n) is 0.566. The van der Waals surface area contributed by atoms with Gasteiger partial charge in [-0.1, -0.05) is 24.8 Å². The van der Waals surface area contributed by atoms with E-state index >= 15 is 0 Å². The van der Waals surface area contributed by atoms with Crippen molar-refractivity contribution in [2.24, 2.45) is 0 Å². The van der Waals surface area contributed by atoms with Crippen LogP contribution in [0, 0.1) is 0 Å². The van der Waals surface area contributed by atoms with Gasteiger partial charge in [-0.2, -0.15) is 0 Å². The lowest BCUT2D eigenvalue weighted by Gasteiger charge is -2.14. The molecule has 0 amide bonds. The zero-order valence-electron chi connectivity index (χ0n) is 9.09. The van der Waals surface area contributed by atoms with Crippen molar-refractivity contribution in [1.29, 1.82) is 0 Å². The topological polar surface area (TPSA) is 6.48 Å². The van der Waals surface area contributed by atoms with Crippen LogP contribution in [0.4, 0.5) is 0 Å². The SMILES string of the molecule is C=CC(=C)C.CN(C)CN(C)C. The van der Waals surface area contributed by atoms with Crippen LogP contribution >= 0.6 is 0 Å². The Morgan fingerprint density at radius 3 is 1.42 bits per heavy atom. The lowest BCUT2D eigenvalue weighted by molar-refractivity contribution is 0.245. The molecule has 0 rings (SSSR count). The smallest absolute Gasteiger partial charge is 0.0495 e. The quantitative estimate of drug-likeness (QED) is 0.471. The summed E-state index contributed by atoms with van der Waals surface area (Å²) in [6.07, 6.45) is 1.72. The van der Waals surface area contributed by atoms with Gasteiger partial charge in [0, 0.05) is 6.67 Å². The van der Waals surface area contributed by atoms with Crippen molar-refractivity contribution in [2.75, 3.05) is 34.9 Å². The molecule has 0 fully saturated rings. The van der Waals surface area contributed by atoms with Crippen LogP contribution in [0.1, 0.15) is 6.92 Å². The van der Waals surface area contributed by atoms with Crippen LogP contribution in [-0.2, 0) is 0 Å². The number of rotatable bonds is 3. The minimum atomic E-state index is 1.02. The number of nitrogens with zero attached hydrogens (tertiary/aromatic N) is 2. The van der Waals surface area contributed by atoms with Crippen LogP contribution in [0.2, 0.25) is 0 Å². The van der Waals surface area contributed by atoms with Crippen molar-refractivity contribution in [1.82, 2.24) is 9.80 Å². The molecule has 0 radical (unpaired) electrons. The van der Waals surface area contributed by atoms with Gasteiger partial charge < -0.3 is 0 Å². The average Bonchev–Trinajstić information content (AvgIpc) is 1.85. The van der Waals surface area contributed by atoms with Gasteiger partial charge in [0.1, 0.15) is 0 Å². The molecular formula is C10H22N2. The van der Waals surface area contributed by atoms with E-state index in [2.05, 4.69) is 51.1 Å². The first-order chi connectivity index (χ1) is 5.40. The van der Waals surface area contributed by atoms with Gasteiger partial charge in [0.15, 0.2) is 0 Å². The van der Waals surface area contributed by atoms with E-state index in [-0.39, 0.29) is 0 Å². The second-order valence-electron chi connectivity index (χ2n) is 3.35. The summed E-state index contributed by atoms with van der Waals surface area (Å²) < 4.78 is 0. The molecule has 2 nitrogen and oxygen atoms in total. The summed E-state index contributed by atoms with van der Waals surface area (Å²) in [5.41, 5.74) is 1.02.